The Balaban J connectivity index is 1.97. The fourth-order valence-electron chi connectivity index (χ4n) is 3.24. The van der Waals surface area contributed by atoms with Crippen LogP contribution in [0.25, 0.3) is 16.8 Å². The van der Waals surface area contributed by atoms with Crippen molar-refractivity contribution in [1.29, 1.82) is 0 Å². The van der Waals surface area contributed by atoms with Crippen LogP contribution in [0, 0.1) is 6.92 Å². The molecule has 1 aliphatic heterocycles. The molecule has 122 valence electrons. The summed E-state index contributed by atoms with van der Waals surface area (Å²) >= 11 is 6.40. The predicted octanol–water partition coefficient (Wildman–Crippen LogP) is 4.58. The van der Waals surface area contributed by atoms with Gasteiger partial charge in [0.15, 0.2) is 0 Å². The number of carbonyl (C=O) groups is 1. The van der Waals surface area contributed by atoms with Crippen LogP contribution in [-0.2, 0) is 11.2 Å². The molecule has 1 amide bonds. The van der Waals surface area contributed by atoms with Crippen LogP contribution in [-0.4, -0.2) is 15.5 Å². The van der Waals surface area contributed by atoms with Crippen molar-refractivity contribution in [3.63, 3.8) is 0 Å². The van der Waals surface area contributed by atoms with Crippen LogP contribution in [0.4, 0.5) is 5.69 Å². The number of aromatic nitrogens is 2. The van der Waals surface area contributed by atoms with Crippen molar-refractivity contribution in [3.8, 4) is 11.3 Å². The Hall–Kier alpha value is -2.33. The summed E-state index contributed by atoms with van der Waals surface area (Å²) in [5.74, 6) is 0.351. The molecule has 24 heavy (non-hydrogen) atoms. The van der Waals surface area contributed by atoms with E-state index in [1.807, 2.05) is 16.6 Å². The number of anilines is 1. The van der Waals surface area contributed by atoms with Crippen LogP contribution in [0.5, 0.6) is 0 Å². The minimum Gasteiger partial charge on any atom is -0.324 e. The molecular weight excluding hydrogens is 322 g/mol. The van der Waals surface area contributed by atoms with Crippen LogP contribution < -0.4 is 5.32 Å². The van der Waals surface area contributed by atoms with E-state index < -0.39 is 0 Å². The Morgan fingerprint density at radius 2 is 2.04 bits per heavy atom. The standard InChI is InChI=1S/C19H18ClN3O/c1-10(2)16-9-14-5-4-11(3)19(23(14)22-16)13-6-12-8-17(24)21-18(12)15(20)7-13/h4-7,9-10H,8H2,1-3H3,(H,21,24). The van der Waals surface area contributed by atoms with Crippen molar-refractivity contribution in [2.24, 2.45) is 0 Å². The third-order valence-corrected chi connectivity index (χ3v) is 4.80. The van der Waals surface area contributed by atoms with Gasteiger partial charge in [0.25, 0.3) is 0 Å². The van der Waals surface area contributed by atoms with Gasteiger partial charge in [-0.2, -0.15) is 5.10 Å². The van der Waals surface area contributed by atoms with E-state index in [1.165, 1.54) is 0 Å². The van der Waals surface area contributed by atoms with Crippen molar-refractivity contribution < 1.29 is 4.79 Å². The maximum atomic E-state index is 11.7. The lowest BCUT2D eigenvalue weighted by Crippen LogP contribution is -2.03. The molecule has 3 heterocycles. The number of aryl methyl sites for hydroxylation is 1. The van der Waals surface area contributed by atoms with Gasteiger partial charge in [-0.1, -0.05) is 31.5 Å². The number of hydrogen-bond acceptors (Lipinski definition) is 2. The molecule has 3 aromatic rings. The molecule has 0 spiro atoms. The number of carbonyl (C=O) groups excluding carboxylic acids is 1. The second-order valence-corrected chi connectivity index (χ2v) is 7.05. The molecule has 5 heteroatoms. The fourth-order valence-corrected chi connectivity index (χ4v) is 3.52. The molecule has 2 aromatic heterocycles. The number of fused-ring (bicyclic) bond motifs is 2. The van der Waals surface area contributed by atoms with Crippen molar-refractivity contribution in [3.05, 3.63) is 52.2 Å². The second kappa shape index (κ2) is 5.35. The van der Waals surface area contributed by atoms with Crippen LogP contribution in [0.2, 0.25) is 5.02 Å². The molecule has 1 aromatic carbocycles. The lowest BCUT2D eigenvalue weighted by molar-refractivity contribution is -0.115. The number of nitrogens with one attached hydrogen (secondary N) is 1. The van der Waals surface area contributed by atoms with E-state index >= 15 is 0 Å². The first-order valence-electron chi connectivity index (χ1n) is 8.06. The third kappa shape index (κ3) is 2.29. The lowest BCUT2D eigenvalue weighted by Gasteiger charge is -2.12. The second-order valence-electron chi connectivity index (χ2n) is 6.64. The average Bonchev–Trinajstić information content (AvgIpc) is 3.10. The molecular formula is C19H18ClN3O. The Bertz CT molecular complexity index is 988. The molecule has 0 radical (unpaired) electrons. The summed E-state index contributed by atoms with van der Waals surface area (Å²) in [5.41, 5.74) is 6.92. The third-order valence-electron chi connectivity index (χ3n) is 4.50. The van der Waals surface area contributed by atoms with Gasteiger partial charge in [0.2, 0.25) is 5.91 Å². The molecule has 0 saturated carbocycles. The first kappa shape index (κ1) is 15.2. The Kier molecular flexibility index (Phi) is 3.39. The lowest BCUT2D eigenvalue weighted by atomic mass is 10.0. The first-order valence-corrected chi connectivity index (χ1v) is 8.44. The summed E-state index contributed by atoms with van der Waals surface area (Å²) in [4.78, 5) is 11.7. The quantitative estimate of drug-likeness (QED) is 0.742. The van der Waals surface area contributed by atoms with Gasteiger partial charge >= 0.3 is 0 Å². The number of amides is 1. The van der Waals surface area contributed by atoms with E-state index in [0.29, 0.717) is 17.4 Å². The van der Waals surface area contributed by atoms with Gasteiger partial charge in [-0.3, -0.25) is 4.79 Å². The Morgan fingerprint density at radius 3 is 2.79 bits per heavy atom. The van der Waals surface area contributed by atoms with Crippen LogP contribution in [0.15, 0.2) is 30.3 Å². The summed E-state index contributed by atoms with van der Waals surface area (Å²) in [6.45, 7) is 6.34. The highest BCUT2D eigenvalue weighted by atomic mass is 35.5. The number of rotatable bonds is 2. The molecule has 1 N–H and O–H groups in total. The fraction of sp³-hybridized carbons (Fsp3) is 0.263. The minimum atomic E-state index is -0.0137. The number of pyridine rings is 1. The van der Waals surface area contributed by atoms with Gasteiger partial charge in [-0.25, -0.2) is 4.52 Å². The van der Waals surface area contributed by atoms with Gasteiger partial charge in [0.1, 0.15) is 0 Å². The minimum absolute atomic E-state index is 0.0137. The maximum absolute atomic E-state index is 11.7. The van der Waals surface area contributed by atoms with Crippen molar-refractivity contribution >= 4 is 28.7 Å². The van der Waals surface area contributed by atoms with Gasteiger partial charge in [-0.15, -0.1) is 0 Å². The summed E-state index contributed by atoms with van der Waals surface area (Å²) in [5, 5.41) is 8.17. The van der Waals surface area contributed by atoms with Gasteiger partial charge < -0.3 is 5.32 Å². The van der Waals surface area contributed by atoms with E-state index in [4.69, 9.17) is 16.7 Å². The van der Waals surface area contributed by atoms with Crippen LogP contribution in [0.1, 0.15) is 36.6 Å². The molecule has 0 aliphatic carbocycles. The summed E-state index contributed by atoms with van der Waals surface area (Å²) in [7, 11) is 0. The SMILES string of the molecule is Cc1ccc2cc(C(C)C)nn2c1-c1cc(Cl)c2c(c1)CC(=O)N2. The molecule has 4 rings (SSSR count). The van der Waals surface area contributed by atoms with Crippen LogP contribution in [0.3, 0.4) is 0 Å². The molecule has 0 saturated heterocycles. The van der Waals surface area contributed by atoms with E-state index in [-0.39, 0.29) is 5.91 Å². The van der Waals surface area contributed by atoms with Gasteiger partial charge in [-0.05, 0) is 48.2 Å². The summed E-state index contributed by atoms with van der Waals surface area (Å²) in [6.07, 6.45) is 0.369. The monoisotopic (exact) mass is 339 g/mol. The van der Waals surface area contributed by atoms with Crippen molar-refractivity contribution in [2.75, 3.05) is 5.32 Å². The highest BCUT2D eigenvalue weighted by molar-refractivity contribution is 6.34. The zero-order chi connectivity index (χ0) is 17.0. The van der Waals surface area contributed by atoms with E-state index in [0.717, 1.165) is 39.3 Å². The molecule has 0 unspecified atom stereocenters. The highest BCUT2D eigenvalue weighted by Crippen LogP contribution is 2.37. The van der Waals surface area contributed by atoms with Crippen LogP contribution >= 0.6 is 11.6 Å². The molecule has 1 aliphatic rings. The van der Waals surface area contributed by atoms with E-state index in [2.05, 4.69) is 44.3 Å². The van der Waals surface area contributed by atoms with Crippen molar-refractivity contribution in [1.82, 2.24) is 9.61 Å². The highest BCUT2D eigenvalue weighted by Gasteiger charge is 2.22. The number of benzene rings is 1. The summed E-state index contributed by atoms with van der Waals surface area (Å²) in [6, 6.07) is 10.2. The molecule has 0 bridgehead atoms. The molecule has 0 fully saturated rings. The molecule has 4 nitrogen and oxygen atoms in total. The van der Waals surface area contributed by atoms with Gasteiger partial charge in [0.05, 0.1) is 34.0 Å². The zero-order valence-electron chi connectivity index (χ0n) is 13.9. The average molecular weight is 340 g/mol. The van der Waals surface area contributed by atoms with Crippen molar-refractivity contribution in [2.45, 2.75) is 33.1 Å². The predicted molar refractivity (Wildman–Crippen MR) is 96.8 cm³/mol. The number of hydrogen-bond donors (Lipinski definition) is 1. The zero-order valence-corrected chi connectivity index (χ0v) is 14.6. The smallest absolute Gasteiger partial charge is 0.228 e. The van der Waals surface area contributed by atoms with E-state index in [9.17, 15) is 4.79 Å². The normalized spacial score (nSPS) is 13.6. The molecule has 0 atom stereocenters. The Labute approximate surface area is 145 Å². The largest absolute Gasteiger partial charge is 0.324 e. The first-order chi connectivity index (χ1) is 11.4. The number of nitrogens with zero attached hydrogens (tertiary/aromatic N) is 2. The van der Waals surface area contributed by atoms with Gasteiger partial charge in [0, 0.05) is 5.56 Å². The summed E-state index contributed by atoms with van der Waals surface area (Å²) < 4.78 is 1.98. The maximum Gasteiger partial charge on any atom is 0.228 e. The van der Waals surface area contributed by atoms with E-state index in [1.54, 1.807) is 0 Å². The number of halogens is 1. The Morgan fingerprint density at radius 1 is 1.25 bits per heavy atom. The topological polar surface area (TPSA) is 46.4 Å².